The van der Waals surface area contributed by atoms with E-state index >= 15 is 0 Å². The maximum absolute atomic E-state index is 12.3. The maximum Gasteiger partial charge on any atom is 0.416 e. The zero-order valence-electron chi connectivity index (χ0n) is 9.66. The fourth-order valence-corrected chi connectivity index (χ4v) is 1.52. The Bertz CT molecular complexity index is 547. The normalized spacial score (nSPS) is 11.3. The first-order chi connectivity index (χ1) is 8.95. The monoisotopic (exact) mass is 269 g/mol. The van der Waals surface area contributed by atoms with Gasteiger partial charge in [-0.25, -0.2) is 0 Å². The van der Waals surface area contributed by atoms with Gasteiger partial charge in [0.05, 0.1) is 18.2 Å². The predicted molar refractivity (Wildman–Crippen MR) is 62.4 cm³/mol. The molecule has 4 nitrogen and oxygen atoms in total. The number of nitrogens with zero attached hydrogens (tertiary/aromatic N) is 1. The van der Waals surface area contributed by atoms with Crippen LogP contribution >= 0.6 is 0 Å². The number of alkyl halides is 3. The van der Waals surface area contributed by atoms with Gasteiger partial charge in [-0.1, -0.05) is 12.1 Å². The van der Waals surface area contributed by atoms with E-state index in [0.29, 0.717) is 11.4 Å². The van der Waals surface area contributed by atoms with Crippen LogP contribution in [-0.2, 0) is 17.4 Å². The van der Waals surface area contributed by atoms with E-state index in [4.69, 9.17) is 0 Å². The summed E-state index contributed by atoms with van der Waals surface area (Å²) in [6.07, 6.45) is -2.89. The van der Waals surface area contributed by atoms with E-state index in [-0.39, 0.29) is 12.3 Å². The molecule has 7 heteroatoms. The minimum atomic E-state index is -4.36. The highest BCUT2D eigenvalue weighted by Gasteiger charge is 2.29. The van der Waals surface area contributed by atoms with Crippen LogP contribution in [0.4, 0.5) is 19.0 Å². The van der Waals surface area contributed by atoms with Crippen molar-refractivity contribution < 1.29 is 18.0 Å². The van der Waals surface area contributed by atoms with Crippen LogP contribution in [0.25, 0.3) is 0 Å². The summed E-state index contributed by atoms with van der Waals surface area (Å²) >= 11 is 0. The highest BCUT2D eigenvalue weighted by molar-refractivity contribution is 5.91. The van der Waals surface area contributed by atoms with Gasteiger partial charge in [-0.3, -0.25) is 9.89 Å². The summed E-state index contributed by atoms with van der Waals surface area (Å²) in [5, 5.41) is 8.74. The molecule has 0 atom stereocenters. The largest absolute Gasteiger partial charge is 0.416 e. The molecule has 0 bridgehead atoms. The van der Waals surface area contributed by atoms with Crippen LogP contribution in [0.3, 0.4) is 0 Å². The molecule has 1 aromatic carbocycles. The summed E-state index contributed by atoms with van der Waals surface area (Å²) in [6, 6.07) is 6.06. The summed E-state index contributed by atoms with van der Waals surface area (Å²) in [6.45, 7) is 0. The van der Waals surface area contributed by atoms with E-state index in [1.165, 1.54) is 18.3 Å². The number of benzene rings is 1. The number of hydrogen-bond donors (Lipinski definition) is 2. The Morgan fingerprint density at radius 1 is 1.21 bits per heavy atom. The van der Waals surface area contributed by atoms with Gasteiger partial charge >= 0.3 is 6.18 Å². The molecular formula is C12H10F3N3O. The molecule has 2 rings (SSSR count). The Kier molecular flexibility index (Phi) is 3.55. The third-order valence-electron chi connectivity index (χ3n) is 2.42. The summed E-state index contributed by atoms with van der Waals surface area (Å²) in [7, 11) is 0. The lowest BCUT2D eigenvalue weighted by Crippen LogP contribution is -2.14. The Balaban J connectivity index is 1.98. The highest BCUT2D eigenvalue weighted by atomic mass is 19.4. The molecule has 2 aromatic rings. The Labute approximate surface area is 106 Å². The molecular weight excluding hydrogens is 259 g/mol. The van der Waals surface area contributed by atoms with Crippen molar-refractivity contribution in [1.82, 2.24) is 10.2 Å². The first-order valence-electron chi connectivity index (χ1n) is 5.40. The van der Waals surface area contributed by atoms with Gasteiger partial charge in [0, 0.05) is 6.07 Å². The molecule has 0 unspecified atom stereocenters. The molecule has 0 spiro atoms. The van der Waals surface area contributed by atoms with E-state index in [2.05, 4.69) is 15.5 Å². The van der Waals surface area contributed by atoms with Crippen LogP contribution in [0.5, 0.6) is 0 Å². The molecule has 0 aliphatic heterocycles. The van der Waals surface area contributed by atoms with E-state index in [1.54, 1.807) is 6.07 Å². The van der Waals surface area contributed by atoms with Gasteiger partial charge in [-0.15, -0.1) is 0 Å². The number of halogens is 3. The maximum atomic E-state index is 12.3. The molecule has 0 saturated carbocycles. The summed E-state index contributed by atoms with van der Waals surface area (Å²) in [5.41, 5.74) is -0.227. The van der Waals surface area contributed by atoms with Crippen LogP contribution in [0.2, 0.25) is 0 Å². The van der Waals surface area contributed by atoms with Gasteiger partial charge in [0.1, 0.15) is 5.82 Å². The molecule has 0 radical (unpaired) electrons. The Morgan fingerprint density at radius 2 is 1.89 bits per heavy atom. The van der Waals surface area contributed by atoms with E-state index in [9.17, 15) is 18.0 Å². The SMILES string of the molecule is O=C(Cc1ccc(C(F)(F)F)cc1)Nc1ccn[nH]1. The number of carbonyl (C=O) groups is 1. The van der Waals surface area contributed by atoms with Crippen LogP contribution in [0.15, 0.2) is 36.5 Å². The van der Waals surface area contributed by atoms with Gasteiger partial charge in [0.15, 0.2) is 0 Å². The number of aromatic amines is 1. The zero-order valence-corrected chi connectivity index (χ0v) is 9.66. The van der Waals surface area contributed by atoms with Crippen molar-refractivity contribution in [2.75, 3.05) is 5.32 Å². The number of H-pyrrole nitrogens is 1. The van der Waals surface area contributed by atoms with E-state index in [1.807, 2.05) is 0 Å². The van der Waals surface area contributed by atoms with E-state index in [0.717, 1.165) is 12.1 Å². The third-order valence-corrected chi connectivity index (χ3v) is 2.42. The van der Waals surface area contributed by atoms with Crippen molar-refractivity contribution in [3.63, 3.8) is 0 Å². The molecule has 1 aromatic heterocycles. The zero-order chi connectivity index (χ0) is 13.9. The molecule has 100 valence electrons. The first kappa shape index (κ1) is 13.1. The smallest absolute Gasteiger partial charge is 0.311 e. The molecule has 1 heterocycles. The van der Waals surface area contributed by atoms with Crippen LogP contribution in [0, 0.1) is 0 Å². The lowest BCUT2D eigenvalue weighted by Gasteiger charge is -2.07. The van der Waals surface area contributed by atoms with Crippen molar-refractivity contribution in [3.05, 3.63) is 47.7 Å². The third kappa shape index (κ3) is 3.57. The van der Waals surface area contributed by atoms with Gasteiger partial charge in [0.2, 0.25) is 5.91 Å². The average Bonchev–Trinajstić information content (AvgIpc) is 2.81. The van der Waals surface area contributed by atoms with Crippen LogP contribution in [0.1, 0.15) is 11.1 Å². The molecule has 0 saturated heterocycles. The second kappa shape index (κ2) is 5.13. The lowest BCUT2D eigenvalue weighted by molar-refractivity contribution is -0.137. The van der Waals surface area contributed by atoms with Crippen molar-refractivity contribution in [2.45, 2.75) is 12.6 Å². The quantitative estimate of drug-likeness (QED) is 0.899. The average molecular weight is 269 g/mol. The molecule has 0 aliphatic rings. The number of rotatable bonds is 3. The predicted octanol–water partition coefficient (Wildman–Crippen LogP) is 2.61. The van der Waals surface area contributed by atoms with Gasteiger partial charge < -0.3 is 5.32 Å². The van der Waals surface area contributed by atoms with Crippen molar-refractivity contribution in [1.29, 1.82) is 0 Å². The summed E-state index contributed by atoms with van der Waals surface area (Å²) in [5.74, 6) is 0.112. The second-order valence-corrected chi connectivity index (χ2v) is 3.89. The number of carbonyl (C=O) groups excluding carboxylic acids is 1. The standard InChI is InChI=1S/C12H10F3N3O/c13-12(14,15)9-3-1-8(2-4-9)7-11(19)17-10-5-6-16-18-10/h1-6H,7H2,(H2,16,17,18,19). The topological polar surface area (TPSA) is 57.8 Å². The Morgan fingerprint density at radius 3 is 2.42 bits per heavy atom. The number of anilines is 1. The van der Waals surface area contributed by atoms with Crippen molar-refractivity contribution in [3.8, 4) is 0 Å². The van der Waals surface area contributed by atoms with E-state index < -0.39 is 11.7 Å². The first-order valence-corrected chi connectivity index (χ1v) is 5.40. The van der Waals surface area contributed by atoms with Gasteiger partial charge in [-0.05, 0) is 17.7 Å². The molecule has 19 heavy (non-hydrogen) atoms. The lowest BCUT2D eigenvalue weighted by atomic mass is 10.1. The van der Waals surface area contributed by atoms with Gasteiger partial charge in [-0.2, -0.15) is 18.3 Å². The van der Waals surface area contributed by atoms with Crippen molar-refractivity contribution in [2.24, 2.45) is 0 Å². The fourth-order valence-electron chi connectivity index (χ4n) is 1.52. The van der Waals surface area contributed by atoms with Crippen LogP contribution < -0.4 is 5.32 Å². The summed E-state index contributed by atoms with van der Waals surface area (Å²) < 4.78 is 37.0. The van der Waals surface area contributed by atoms with Gasteiger partial charge in [0.25, 0.3) is 0 Å². The summed E-state index contributed by atoms with van der Waals surface area (Å²) in [4.78, 5) is 11.6. The second-order valence-electron chi connectivity index (χ2n) is 3.89. The van der Waals surface area contributed by atoms with Crippen molar-refractivity contribution >= 4 is 11.7 Å². The number of hydrogen-bond acceptors (Lipinski definition) is 2. The molecule has 0 fully saturated rings. The van der Waals surface area contributed by atoms with Crippen LogP contribution in [-0.4, -0.2) is 16.1 Å². The molecule has 2 N–H and O–H groups in total. The Hall–Kier alpha value is -2.31. The minimum absolute atomic E-state index is 0.00282. The molecule has 0 aliphatic carbocycles. The number of amides is 1. The number of aromatic nitrogens is 2. The highest BCUT2D eigenvalue weighted by Crippen LogP contribution is 2.29. The minimum Gasteiger partial charge on any atom is -0.311 e. The number of nitrogens with one attached hydrogen (secondary N) is 2. The fraction of sp³-hybridized carbons (Fsp3) is 0.167. The molecule has 1 amide bonds.